The van der Waals surface area contributed by atoms with Crippen LogP contribution in [0.1, 0.15) is 17.2 Å². The van der Waals surface area contributed by atoms with Gasteiger partial charge in [-0.05, 0) is 29.3 Å². The van der Waals surface area contributed by atoms with E-state index < -0.39 is 6.10 Å². The predicted octanol–water partition coefficient (Wildman–Crippen LogP) is 2.37. The van der Waals surface area contributed by atoms with E-state index in [2.05, 4.69) is 4.98 Å². The van der Waals surface area contributed by atoms with E-state index in [9.17, 15) is 5.11 Å². The molecule has 17 heavy (non-hydrogen) atoms. The molecular formula is C14H15NO2. The van der Waals surface area contributed by atoms with Crippen molar-refractivity contribution in [3.8, 4) is 5.75 Å². The van der Waals surface area contributed by atoms with Gasteiger partial charge < -0.3 is 9.84 Å². The molecule has 3 nitrogen and oxygen atoms in total. The van der Waals surface area contributed by atoms with Gasteiger partial charge in [-0.3, -0.25) is 4.98 Å². The van der Waals surface area contributed by atoms with Gasteiger partial charge in [0.05, 0.1) is 13.2 Å². The Morgan fingerprint density at radius 1 is 1.24 bits per heavy atom. The molecule has 0 aliphatic heterocycles. The molecule has 1 unspecified atom stereocenters. The van der Waals surface area contributed by atoms with E-state index >= 15 is 0 Å². The highest BCUT2D eigenvalue weighted by Crippen LogP contribution is 2.20. The van der Waals surface area contributed by atoms with E-state index in [0.717, 1.165) is 16.9 Å². The highest BCUT2D eigenvalue weighted by atomic mass is 16.5. The van der Waals surface area contributed by atoms with Crippen LogP contribution in [0.5, 0.6) is 5.75 Å². The molecule has 0 radical (unpaired) electrons. The smallest absolute Gasteiger partial charge is 0.118 e. The van der Waals surface area contributed by atoms with Crippen LogP contribution in [0.2, 0.25) is 0 Å². The molecule has 1 aromatic heterocycles. The standard InChI is InChI=1S/C14H15NO2/c1-17-13-6-4-12(5-7-13)14(16)9-11-3-2-8-15-10-11/h2-8,10,14,16H,9H2,1H3. The fourth-order valence-electron chi connectivity index (χ4n) is 1.69. The molecular weight excluding hydrogens is 214 g/mol. The number of aliphatic hydroxyl groups is 1. The molecule has 0 saturated heterocycles. The molecule has 0 amide bonds. The normalized spacial score (nSPS) is 12.1. The summed E-state index contributed by atoms with van der Waals surface area (Å²) < 4.78 is 5.08. The van der Waals surface area contributed by atoms with Crippen LogP contribution in [0.3, 0.4) is 0 Å². The molecule has 1 heterocycles. The van der Waals surface area contributed by atoms with Crippen molar-refractivity contribution in [3.05, 3.63) is 59.9 Å². The molecule has 0 saturated carbocycles. The molecule has 2 aromatic rings. The second-order valence-corrected chi connectivity index (χ2v) is 3.85. The molecule has 88 valence electrons. The van der Waals surface area contributed by atoms with Gasteiger partial charge in [-0.25, -0.2) is 0 Å². The van der Waals surface area contributed by atoms with Crippen molar-refractivity contribution >= 4 is 0 Å². The summed E-state index contributed by atoms with van der Waals surface area (Å²) in [6.07, 6.45) is 3.56. The minimum Gasteiger partial charge on any atom is -0.497 e. The van der Waals surface area contributed by atoms with E-state index in [1.54, 1.807) is 19.5 Å². The number of methoxy groups -OCH3 is 1. The van der Waals surface area contributed by atoms with Gasteiger partial charge in [0.15, 0.2) is 0 Å². The van der Waals surface area contributed by atoms with E-state index in [0.29, 0.717) is 6.42 Å². The fourth-order valence-corrected chi connectivity index (χ4v) is 1.69. The van der Waals surface area contributed by atoms with Crippen molar-refractivity contribution in [1.29, 1.82) is 0 Å². The van der Waals surface area contributed by atoms with Crippen LogP contribution >= 0.6 is 0 Å². The Hall–Kier alpha value is -1.87. The Bertz CT molecular complexity index is 453. The summed E-state index contributed by atoms with van der Waals surface area (Å²) in [5.74, 6) is 0.794. The van der Waals surface area contributed by atoms with Crippen molar-refractivity contribution in [3.63, 3.8) is 0 Å². The lowest BCUT2D eigenvalue weighted by atomic mass is 10.0. The number of aromatic nitrogens is 1. The summed E-state index contributed by atoms with van der Waals surface area (Å²) in [6, 6.07) is 11.3. The number of rotatable bonds is 4. The third-order valence-corrected chi connectivity index (χ3v) is 2.65. The molecule has 3 heteroatoms. The molecule has 1 aromatic carbocycles. The highest BCUT2D eigenvalue weighted by Gasteiger charge is 2.08. The Labute approximate surface area is 101 Å². The van der Waals surface area contributed by atoms with Crippen LogP contribution in [0, 0.1) is 0 Å². The van der Waals surface area contributed by atoms with Gasteiger partial charge in [0.25, 0.3) is 0 Å². The second kappa shape index (κ2) is 5.46. The zero-order valence-electron chi connectivity index (χ0n) is 9.71. The van der Waals surface area contributed by atoms with E-state index in [1.807, 2.05) is 36.4 Å². The van der Waals surface area contributed by atoms with E-state index in [-0.39, 0.29) is 0 Å². The minimum absolute atomic E-state index is 0.509. The van der Waals surface area contributed by atoms with Gasteiger partial charge in [0, 0.05) is 18.8 Å². The van der Waals surface area contributed by atoms with Crippen molar-refractivity contribution < 1.29 is 9.84 Å². The summed E-state index contributed by atoms with van der Waals surface area (Å²) in [5, 5.41) is 10.1. The Morgan fingerprint density at radius 3 is 2.59 bits per heavy atom. The third kappa shape index (κ3) is 3.04. The lowest BCUT2D eigenvalue weighted by Crippen LogP contribution is -2.01. The molecule has 1 N–H and O–H groups in total. The van der Waals surface area contributed by atoms with Gasteiger partial charge in [0.1, 0.15) is 5.75 Å². The number of nitrogens with zero attached hydrogens (tertiary/aromatic N) is 1. The van der Waals surface area contributed by atoms with E-state index in [1.165, 1.54) is 0 Å². The number of aliphatic hydroxyl groups excluding tert-OH is 1. The van der Waals surface area contributed by atoms with Crippen LogP contribution in [-0.4, -0.2) is 17.2 Å². The van der Waals surface area contributed by atoms with E-state index in [4.69, 9.17) is 4.74 Å². The highest BCUT2D eigenvalue weighted by molar-refractivity contribution is 5.29. The number of hydrogen-bond acceptors (Lipinski definition) is 3. The van der Waals surface area contributed by atoms with Crippen molar-refractivity contribution in [2.24, 2.45) is 0 Å². The summed E-state index contributed by atoms with van der Waals surface area (Å²) in [6.45, 7) is 0. The topological polar surface area (TPSA) is 42.4 Å². The zero-order valence-corrected chi connectivity index (χ0v) is 9.71. The number of hydrogen-bond donors (Lipinski definition) is 1. The van der Waals surface area contributed by atoms with Gasteiger partial charge in [0.2, 0.25) is 0 Å². The van der Waals surface area contributed by atoms with Crippen LogP contribution in [0.15, 0.2) is 48.8 Å². The molecule has 0 fully saturated rings. The van der Waals surface area contributed by atoms with Crippen molar-refractivity contribution in [2.75, 3.05) is 7.11 Å². The Kier molecular flexibility index (Phi) is 3.73. The molecule has 2 rings (SSSR count). The fraction of sp³-hybridized carbons (Fsp3) is 0.214. The first-order chi connectivity index (χ1) is 8.29. The average molecular weight is 229 g/mol. The molecule has 0 bridgehead atoms. The lowest BCUT2D eigenvalue weighted by Gasteiger charge is -2.11. The van der Waals surface area contributed by atoms with Gasteiger partial charge in [-0.1, -0.05) is 18.2 Å². The minimum atomic E-state index is -0.509. The maximum absolute atomic E-state index is 10.1. The summed E-state index contributed by atoms with van der Waals surface area (Å²) in [5.41, 5.74) is 1.91. The quantitative estimate of drug-likeness (QED) is 0.875. The molecule has 0 aliphatic carbocycles. The predicted molar refractivity (Wildman–Crippen MR) is 65.9 cm³/mol. The van der Waals surface area contributed by atoms with Gasteiger partial charge in [-0.15, -0.1) is 0 Å². The van der Waals surface area contributed by atoms with Crippen molar-refractivity contribution in [1.82, 2.24) is 4.98 Å². The lowest BCUT2D eigenvalue weighted by molar-refractivity contribution is 0.178. The van der Waals surface area contributed by atoms with Crippen LogP contribution in [0.25, 0.3) is 0 Å². The number of ether oxygens (including phenoxy) is 1. The third-order valence-electron chi connectivity index (χ3n) is 2.65. The summed E-state index contributed by atoms with van der Waals surface area (Å²) in [7, 11) is 1.63. The van der Waals surface area contributed by atoms with Crippen LogP contribution in [-0.2, 0) is 6.42 Å². The van der Waals surface area contributed by atoms with Crippen molar-refractivity contribution in [2.45, 2.75) is 12.5 Å². The number of pyridine rings is 1. The summed E-state index contributed by atoms with van der Waals surface area (Å²) in [4.78, 5) is 4.03. The first kappa shape index (κ1) is 11.6. The largest absolute Gasteiger partial charge is 0.497 e. The summed E-state index contributed by atoms with van der Waals surface area (Å²) >= 11 is 0. The average Bonchev–Trinajstić information content (AvgIpc) is 2.40. The molecule has 0 aliphatic rings. The maximum atomic E-state index is 10.1. The van der Waals surface area contributed by atoms with Crippen LogP contribution < -0.4 is 4.74 Å². The first-order valence-corrected chi connectivity index (χ1v) is 5.50. The first-order valence-electron chi connectivity index (χ1n) is 5.50. The maximum Gasteiger partial charge on any atom is 0.118 e. The van der Waals surface area contributed by atoms with Crippen LogP contribution in [0.4, 0.5) is 0 Å². The Balaban J connectivity index is 2.06. The van der Waals surface area contributed by atoms with Gasteiger partial charge in [-0.2, -0.15) is 0 Å². The second-order valence-electron chi connectivity index (χ2n) is 3.85. The van der Waals surface area contributed by atoms with Gasteiger partial charge >= 0.3 is 0 Å². The monoisotopic (exact) mass is 229 g/mol. The molecule has 0 spiro atoms. The zero-order chi connectivity index (χ0) is 12.1. The number of benzene rings is 1. The SMILES string of the molecule is COc1ccc(C(O)Cc2cccnc2)cc1. The Morgan fingerprint density at radius 2 is 2.00 bits per heavy atom. The molecule has 1 atom stereocenters.